The van der Waals surface area contributed by atoms with Gasteiger partial charge in [-0.25, -0.2) is 0 Å². The lowest BCUT2D eigenvalue weighted by molar-refractivity contribution is -0.126. The van der Waals surface area contributed by atoms with Crippen LogP contribution in [0.25, 0.3) is 0 Å². The molecule has 2 fully saturated rings. The molecule has 0 heterocycles. The highest BCUT2D eigenvalue weighted by Crippen LogP contribution is 2.59. The molecule has 0 N–H and O–H groups in total. The zero-order chi connectivity index (χ0) is 8.93. The van der Waals surface area contributed by atoms with E-state index in [2.05, 4.69) is 13.8 Å². The van der Waals surface area contributed by atoms with Crippen LogP contribution in [0.4, 0.5) is 0 Å². The minimum Gasteiger partial charge on any atom is -0.300 e. The van der Waals surface area contributed by atoms with E-state index in [4.69, 9.17) is 0 Å². The molecule has 2 rings (SSSR count). The normalized spacial score (nSPS) is 43.4. The van der Waals surface area contributed by atoms with E-state index in [9.17, 15) is 4.79 Å². The summed E-state index contributed by atoms with van der Waals surface area (Å²) in [4.78, 5) is 11.5. The number of fused-ring (bicyclic) bond motifs is 2. The minimum atomic E-state index is 0.300. The van der Waals surface area contributed by atoms with E-state index in [1.807, 2.05) is 0 Å². The van der Waals surface area contributed by atoms with E-state index in [1.165, 1.54) is 19.3 Å². The lowest BCUT2D eigenvalue weighted by Crippen LogP contribution is -2.35. The molecule has 0 saturated heterocycles. The molecule has 2 aliphatic carbocycles. The van der Waals surface area contributed by atoms with Crippen LogP contribution >= 0.6 is 0 Å². The van der Waals surface area contributed by atoms with E-state index in [-0.39, 0.29) is 0 Å². The van der Waals surface area contributed by atoms with Crippen molar-refractivity contribution in [2.45, 2.75) is 40.0 Å². The lowest BCUT2D eigenvalue weighted by Gasteiger charge is -2.36. The standard InChI is InChI=1S/C11H18O/c1-7(12)10-8-4-5-9(6-8)11(10,2)3/h8-10H,4-6H2,1-3H3/t8-,9-,10-/m0/s1. The topological polar surface area (TPSA) is 17.1 Å². The minimum absolute atomic E-state index is 0.300. The number of ketones is 1. The number of carbonyl (C=O) groups excluding carboxylic acids is 1. The molecular formula is C11H18O. The highest BCUT2D eigenvalue weighted by Gasteiger charge is 2.54. The molecule has 3 atom stereocenters. The summed E-state index contributed by atoms with van der Waals surface area (Å²) in [5.41, 5.74) is 0.300. The monoisotopic (exact) mass is 166 g/mol. The van der Waals surface area contributed by atoms with Crippen molar-refractivity contribution in [1.29, 1.82) is 0 Å². The zero-order valence-corrected chi connectivity index (χ0v) is 8.26. The molecule has 0 aromatic carbocycles. The summed E-state index contributed by atoms with van der Waals surface area (Å²) in [5.74, 6) is 2.35. The van der Waals surface area contributed by atoms with Gasteiger partial charge in [0.05, 0.1) is 0 Å². The second kappa shape index (κ2) is 2.34. The van der Waals surface area contributed by atoms with Crippen molar-refractivity contribution in [1.82, 2.24) is 0 Å². The van der Waals surface area contributed by atoms with E-state index < -0.39 is 0 Å². The summed E-state index contributed by atoms with van der Waals surface area (Å²) in [6.07, 6.45) is 3.98. The lowest BCUT2D eigenvalue weighted by atomic mass is 9.67. The Balaban J connectivity index is 2.29. The Morgan fingerprint density at radius 1 is 1.33 bits per heavy atom. The van der Waals surface area contributed by atoms with Crippen LogP contribution in [0.1, 0.15) is 40.0 Å². The van der Waals surface area contributed by atoms with Crippen molar-refractivity contribution in [3.8, 4) is 0 Å². The maximum absolute atomic E-state index is 11.5. The second-order valence-electron chi connectivity index (χ2n) is 5.18. The first-order chi connectivity index (χ1) is 5.53. The van der Waals surface area contributed by atoms with Gasteiger partial charge in [0.2, 0.25) is 0 Å². The van der Waals surface area contributed by atoms with Gasteiger partial charge in [-0.05, 0) is 43.4 Å². The Labute approximate surface area is 74.5 Å². The SMILES string of the molecule is CC(=O)[C@H]1[C@H]2CC[C@@H](C2)C1(C)C. The quantitative estimate of drug-likeness (QED) is 0.585. The van der Waals surface area contributed by atoms with Crippen LogP contribution in [0.2, 0.25) is 0 Å². The third kappa shape index (κ3) is 0.884. The van der Waals surface area contributed by atoms with Gasteiger partial charge in [0.25, 0.3) is 0 Å². The molecule has 2 bridgehead atoms. The van der Waals surface area contributed by atoms with Gasteiger partial charge in [0.1, 0.15) is 5.78 Å². The van der Waals surface area contributed by atoms with Gasteiger partial charge >= 0.3 is 0 Å². The molecular weight excluding hydrogens is 148 g/mol. The number of rotatable bonds is 1. The predicted molar refractivity (Wildman–Crippen MR) is 48.8 cm³/mol. The number of Topliss-reactive ketones (excluding diaryl/α,β-unsaturated/α-hetero) is 1. The van der Waals surface area contributed by atoms with Crippen molar-refractivity contribution >= 4 is 5.78 Å². The Morgan fingerprint density at radius 3 is 2.33 bits per heavy atom. The fourth-order valence-electron chi connectivity index (χ4n) is 3.71. The van der Waals surface area contributed by atoms with Crippen LogP contribution in [-0.2, 0) is 4.79 Å². The highest BCUT2D eigenvalue weighted by molar-refractivity contribution is 5.80. The van der Waals surface area contributed by atoms with Crippen LogP contribution in [0.3, 0.4) is 0 Å². The summed E-state index contributed by atoms with van der Waals surface area (Å²) in [5, 5.41) is 0. The van der Waals surface area contributed by atoms with Crippen molar-refractivity contribution in [2.24, 2.45) is 23.2 Å². The van der Waals surface area contributed by atoms with Gasteiger partial charge in [0, 0.05) is 5.92 Å². The maximum atomic E-state index is 11.5. The van der Waals surface area contributed by atoms with Crippen molar-refractivity contribution in [3.05, 3.63) is 0 Å². The molecule has 1 nitrogen and oxygen atoms in total. The van der Waals surface area contributed by atoms with E-state index in [1.54, 1.807) is 6.92 Å². The number of hydrogen-bond donors (Lipinski definition) is 0. The van der Waals surface area contributed by atoms with E-state index in [0.717, 1.165) is 11.8 Å². The molecule has 1 heteroatoms. The fourth-order valence-corrected chi connectivity index (χ4v) is 3.71. The van der Waals surface area contributed by atoms with Crippen LogP contribution in [0, 0.1) is 23.2 Å². The van der Waals surface area contributed by atoms with Crippen LogP contribution in [0.5, 0.6) is 0 Å². The Bertz CT molecular complexity index is 217. The van der Waals surface area contributed by atoms with Gasteiger partial charge in [-0.15, -0.1) is 0 Å². The molecule has 12 heavy (non-hydrogen) atoms. The molecule has 0 spiro atoms. The van der Waals surface area contributed by atoms with Gasteiger partial charge in [-0.2, -0.15) is 0 Å². The van der Waals surface area contributed by atoms with Crippen molar-refractivity contribution in [2.75, 3.05) is 0 Å². The molecule has 2 saturated carbocycles. The van der Waals surface area contributed by atoms with Crippen LogP contribution < -0.4 is 0 Å². The second-order valence-corrected chi connectivity index (χ2v) is 5.18. The van der Waals surface area contributed by atoms with Gasteiger partial charge in [0.15, 0.2) is 0 Å². The number of carbonyl (C=O) groups is 1. The average Bonchev–Trinajstić information content (AvgIpc) is 2.41. The first-order valence-electron chi connectivity index (χ1n) is 5.04. The summed E-state index contributed by atoms with van der Waals surface area (Å²) < 4.78 is 0. The third-order valence-electron chi connectivity index (χ3n) is 4.24. The molecule has 68 valence electrons. The Hall–Kier alpha value is -0.330. The fraction of sp³-hybridized carbons (Fsp3) is 0.909. The molecule has 0 radical (unpaired) electrons. The van der Waals surface area contributed by atoms with Gasteiger partial charge < -0.3 is 0 Å². The van der Waals surface area contributed by atoms with Crippen LogP contribution in [0.15, 0.2) is 0 Å². The third-order valence-corrected chi connectivity index (χ3v) is 4.24. The molecule has 0 unspecified atom stereocenters. The first kappa shape index (κ1) is 8.28. The number of hydrogen-bond acceptors (Lipinski definition) is 1. The van der Waals surface area contributed by atoms with Crippen molar-refractivity contribution in [3.63, 3.8) is 0 Å². The Kier molecular flexibility index (Phi) is 1.61. The molecule has 0 aliphatic heterocycles. The smallest absolute Gasteiger partial charge is 0.133 e. The van der Waals surface area contributed by atoms with E-state index in [0.29, 0.717) is 17.1 Å². The molecule has 2 aliphatic rings. The summed E-state index contributed by atoms with van der Waals surface area (Å²) in [6.45, 7) is 6.33. The zero-order valence-electron chi connectivity index (χ0n) is 8.26. The van der Waals surface area contributed by atoms with E-state index >= 15 is 0 Å². The predicted octanol–water partition coefficient (Wildman–Crippen LogP) is 2.65. The van der Waals surface area contributed by atoms with Crippen LogP contribution in [-0.4, -0.2) is 5.78 Å². The van der Waals surface area contributed by atoms with Gasteiger partial charge in [-0.1, -0.05) is 13.8 Å². The molecule has 0 aromatic rings. The summed E-state index contributed by atoms with van der Waals surface area (Å²) in [6, 6.07) is 0. The highest BCUT2D eigenvalue weighted by atomic mass is 16.1. The Morgan fingerprint density at radius 2 is 2.00 bits per heavy atom. The molecule has 0 amide bonds. The first-order valence-corrected chi connectivity index (χ1v) is 5.04. The summed E-state index contributed by atoms with van der Waals surface area (Å²) in [7, 11) is 0. The molecule has 0 aromatic heterocycles. The maximum Gasteiger partial charge on any atom is 0.133 e. The average molecular weight is 166 g/mol. The van der Waals surface area contributed by atoms with Gasteiger partial charge in [-0.3, -0.25) is 4.79 Å². The van der Waals surface area contributed by atoms with Crippen molar-refractivity contribution < 1.29 is 4.79 Å². The largest absolute Gasteiger partial charge is 0.300 e. The summed E-state index contributed by atoms with van der Waals surface area (Å²) >= 11 is 0.